The third kappa shape index (κ3) is 5.50. The molecule has 30 heavy (non-hydrogen) atoms. The van der Waals surface area contributed by atoms with E-state index in [2.05, 4.69) is 21.2 Å². The van der Waals surface area contributed by atoms with Crippen molar-refractivity contribution in [2.24, 2.45) is 0 Å². The molecule has 3 aromatic rings. The summed E-state index contributed by atoms with van der Waals surface area (Å²) in [5.41, 5.74) is 0.431. The summed E-state index contributed by atoms with van der Waals surface area (Å²) in [6.07, 6.45) is 0. The molecule has 0 unspecified atom stereocenters. The minimum absolute atomic E-state index is 0.00901. The Kier molecular flexibility index (Phi) is 6.96. The summed E-state index contributed by atoms with van der Waals surface area (Å²) in [6, 6.07) is 17.0. The normalized spacial score (nSPS) is 11.5. The van der Waals surface area contributed by atoms with E-state index in [1.165, 1.54) is 48.5 Å². The Hall–Kier alpha value is -2.62. The van der Waals surface area contributed by atoms with Gasteiger partial charge < -0.3 is 5.32 Å². The van der Waals surface area contributed by atoms with Crippen LogP contribution in [-0.2, 0) is 21.4 Å². The summed E-state index contributed by atoms with van der Waals surface area (Å²) < 4.78 is 54.9. The van der Waals surface area contributed by atoms with Crippen LogP contribution in [0.25, 0.3) is 0 Å². The Morgan fingerprint density at radius 1 is 0.967 bits per heavy atom. The summed E-state index contributed by atoms with van der Waals surface area (Å²) in [5.74, 6) is -1.83. The van der Waals surface area contributed by atoms with Crippen molar-refractivity contribution in [3.63, 3.8) is 0 Å². The van der Waals surface area contributed by atoms with Crippen molar-refractivity contribution in [3.8, 4) is 0 Å². The van der Waals surface area contributed by atoms with Crippen molar-refractivity contribution in [1.82, 2.24) is 4.31 Å². The molecule has 5 nitrogen and oxygen atoms in total. The Morgan fingerprint density at radius 2 is 1.63 bits per heavy atom. The van der Waals surface area contributed by atoms with Crippen LogP contribution in [0.4, 0.5) is 14.5 Å². The van der Waals surface area contributed by atoms with E-state index in [4.69, 9.17) is 0 Å². The highest BCUT2D eigenvalue weighted by Gasteiger charge is 2.27. The second-order valence-electron chi connectivity index (χ2n) is 6.38. The van der Waals surface area contributed by atoms with Crippen molar-refractivity contribution in [2.45, 2.75) is 11.4 Å². The molecule has 0 saturated carbocycles. The number of hydrogen-bond donors (Lipinski definition) is 1. The topological polar surface area (TPSA) is 66.5 Å². The van der Waals surface area contributed by atoms with Crippen LogP contribution in [0.5, 0.6) is 0 Å². The Balaban J connectivity index is 1.86. The van der Waals surface area contributed by atoms with Crippen molar-refractivity contribution in [3.05, 3.63) is 94.5 Å². The third-order valence-corrected chi connectivity index (χ3v) is 6.48. The molecule has 0 bridgehead atoms. The molecule has 0 fully saturated rings. The quantitative estimate of drug-likeness (QED) is 0.523. The molecule has 0 aromatic heterocycles. The number of hydrogen-bond acceptors (Lipinski definition) is 3. The first-order valence-electron chi connectivity index (χ1n) is 8.80. The number of nitrogens with one attached hydrogen (secondary N) is 1. The van der Waals surface area contributed by atoms with Gasteiger partial charge in [0, 0.05) is 11.0 Å². The maximum absolute atomic E-state index is 14.0. The SMILES string of the molecule is O=C(CN(Cc1ccc(F)cc1)S(=O)(=O)c1ccccc1)Nc1ccc(Br)cc1F. The highest BCUT2D eigenvalue weighted by molar-refractivity contribution is 9.10. The summed E-state index contributed by atoms with van der Waals surface area (Å²) in [4.78, 5) is 12.5. The number of carbonyl (C=O) groups excluding carboxylic acids is 1. The standard InChI is InChI=1S/C21H17BrF2N2O3S/c22-16-8-11-20(19(24)12-16)25-21(27)14-26(13-15-6-9-17(23)10-7-15)30(28,29)18-4-2-1-3-5-18/h1-12H,13-14H2,(H,25,27). The van der Waals surface area contributed by atoms with Gasteiger partial charge in [0.15, 0.2) is 0 Å². The summed E-state index contributed by atoms with van der Waals surface area (Å²) in [6.45, 7) is -0.710. The van der Waals surface area contributed by atoms with Gasteiger partial charge in [-0.15, -0.1) is 0 Å². The van der Waals surface area contributed by atoms with E-state index >= 15 is 0 Å². The zero-order valence-corrected chi connectivity index (χ0v) is 18.0. The van der Waals surface area contributed by atoms with Crippen LogP contribution in [0.1, 0.15) is 5.56 Å². The Morgan fingerprint density at radius 3 is 2.27 bits per heavy atom. The van der Waals surface area contributed by atoms with E-state index in [-0.39, 0.29) is 17.1 Å². The number of amides is 1. The Labute approximate surface area is 181 Å². The van der Waals surface area contributed by atoms with Gasteiger partial charge in [-0.2, -0.15) is 4.31 Å². The van der Waals surface area contributed by atoms with Gasteiger partial charge in [-0.05, 0) is 48.0 Å². The summed E-state index contributed by atoms with van der Waals surface area (Å²) in [7, 11) is -4.04. The fraction of sp³-hybridized carbons (Fsp3) is 0.0952. The minimum Gasteiger partial charge on any atom is -0.322 e. The highest BCUT2D eigenvalue weighted by Crippen LogP contribution is 2.21. The largest absolute Gasteiger partial charge is 0.322 e. The molecule has 156 valence electrons. The van der Waals surface area contributed by atoms with Crippen LogP contribution in [-0.4, -0.2) is 25.2 Å². The van der Waals surface area contributed by atoms with E-state index in [0.717, 1.165) is 4.31 Å². The molecule has 0 spiro atoms. The third-order valence-electron chi connectivity index (χ3n) is 4.18. The molecule has 0 aliphatic rings. The predicted molar refractivity (Wildman–Crippen MR) is 113 cm³/mol. The maximum atomic E-state index is 14.0. The van der Waals surface area contributed by atoms with E-state index in [0.29, 0.717) is 10.0 Å². The second-order valence-corrected chi connectivity index (χ2v) is 9.24. The molecule has 0 saturated heterocycles. The number of halogens is 3. The lowest BCUT2D eigenvalue weighted by atomic mass is 10.2. The van der Waals surface area contributed by atoms with Gasteiger partial charge >= 0.3 is 0 Å². The number of benzene rings is 3. The molecule has 0 aliphatic carbocycles. The predicted octanol–water partition coefficient (Wildman–Crippen LogP) is 4.56. The number of sulfonamides is 1. The lowest BCUT2D eigenvalue weighted by Crippen LogP contribution is -2.37. The van der Waals surface area contributed by atoms with Gasteiger partial charge in [0.2, 0.25) is 15.9 Å². The summed E-state index contributed by atoms with van der Waals surface area (Å²) >= 11 is 3.13. The molecular weight excluding hydrogens is 478 g/mol. The monoisotopic (exact) mass is 494 g/mol. The lowest BCUT2D eigenvalue weighted by molar-refractivity contribution is -0.116. The molecule has 1 N–H and O–H groups in total. The van der Waals surface area contributed by atoms with Crippen molar-refractivity contribution < 1.29 is 22.0 Å². The molecule has 3 rings (SSSR count). The zero-order chi connectivity index (χ0) is 21.7. The van der Waals surface area contributed by atoms with Gasteiger partial charge in [-0.25, -0.2) is 17.2 Å². The average molecular weight is 495 g/mol. The van der Waals surface area contributed by atoms with Gasteiger partial charge in [0.1, 0.15) is 11.6 Å². The van der Waals surface area contributed by atoms with Gasteiger partial charge in [-0.3, -0.25) is 4.79 Å². The van der Waals surface area contributed by atoms with E-state index in [1.807, 2.05) is 0 Å². The number of nitrogens with zero attached hydrogens (tertiary/aromatic N) is 1. The average Bonchev–Trinajstić information content (AvgIpc) is 2.72. The molecule has 9 heteroatoms. The first kappa shape index (κ1) is 22.1. The fourth-order valence-electron chi connectivity index (χ4n) is 2.70. The van der Waals surface area contributed by atoms with E-state index in [1.54, 1.807) is 24.3 Å². The van der Waals surface area contributed by atoms with Crippen LogP contribution >= 0.6 is 15.9 Å². The van der Waals surface area contributed by atoms with Crippen LogP contribution < -0.4 is 5.32 Å². The summed E-state index contributed by atoms with van der Waals surface area (Å²) in [5, 5.41) is 2.39. The number of rotatable bonds is 7. The first-order valence-corrected chi connectivity index (χ1v) is 11.0. The molecule has 3 aromatic carbocycles. The molecule has 1 amide bonds. The molecule has 0 radical (unpaired) electrons. The zero-order valence-electron chi connectivity index (χ0n) is 15.6. The van der Waals surface area contributed by atoms with Gasteiger partial charge in [0.05, 0.1) is 17.1 Å². The second kappa shape index (κ2) is 9.46. The minimum atomic E-state index is -4.04. The maximum Gasteiger partial charge on any atom is 0.243 e. The molecular formula is C21H17BrF2N2O3S. The number of carbonyl (C=O) groups is 1. The van der Waals surface area contributed by atoms with Gasteiger partial charge in [-0.1, -0.05) is 46.3 Å². The van der Waals surface area contributed by atoms with E-state index < -0.39 is 34.1 Å². The first-order chi connectivity index (χ1) is 14.3. The van der Waals surface area contributed by atoms with Crippen molar-refractivity contribution in [2.75, 3.05) is 11.9 Å². The van der Waals surface area contributed by atoms with Crippen LogP contribution in [0.2, 0.25) is 0 Å². The molecule has 0 aliphatic heterocycles. The van der Waals surface area contributed by atoms with Crippen molar-refractivity contribution >= 4 is 37.5 Å². The van der Waals surface area contributed by atoms with Crippen molar-refractivity contribution in [1.29, 1.82) is 0 Å². The highest BCUT2D eigenvalue weighted by atomic mass is 79.9. The van der Waals surface area contributed by atoms with Crippen LogP contribution in [0.3, 0.4) is 0 Å². The Bertz CT molecular complexity index is 1140. The fourth-order valence-corrected chi connectivity index (χ4v) is 4.44. The van der Waals surface area contributed by atoms with E-state index in [9.17, 15) is 22.0 Å². The molecule has 0 heterocycles. The van der Waals surface area contributed by atoms with Gasteiger partial charge in [0.25, 0.3) is 0 Å². The smallest absolute Gasteiger partial charge is 0.243 e. The van der Waals surface area contributed by atoms with Crippen LogP contribution in [0.15, 0.2) is 82.2 Å². The van der Waals surface area contributed by atoms with Crippen LogP contribution in [0, 0.1) is 11.6 Å². The molecule has 0 atom stereocenters. The number of anilines is 1. The lowest BCUT2D eigenvalue weighted by Gasteiger charge is -2.22.